The number of halogens is 5. The summed E-state index contributed by atoms with van der Waals surface area (Å²) < 4.78 is 69.6. The van der Waals surface area contributed by atoms with Gasteiger partial charge in [-0.1, -0.05) is 24.3 Å². The number of carbonyl (C=O) groups is 1. The molecule has 0 aliphatic rings. The van der Waals surface area contributed by atoms with Gasteiger partial charge in [0.25, 0.3) is 17.4 Å². The van der Waals surface area contributed by atoms with E-state index in [2.05, 4.69) is 15.5 Å². The van der Waals surface area contributed by atoms with Gasteiger partial charge in [0.05, 0.1) is 23.0 Å². The summed E-state index contributed by atoms with van der Waals surface area (Å²) in [5, 5.41) is 19.2. The maximum Gasteiger partial charge on any atom is 0.333 e. The number of aromatic nitrogens is 4. The molecule has 0 unspecified atom stereocenters. The van der Waals surface area contributed by atoms with Gasteiger partial charge in [0.2, 0.25) is 0 Å². The molecule has 2 aromatic carbocycles. The summed E-state index contributed by atoms with van der Waals surface area (Å²) in [6.45, 7) is -3.04. The predicted octanol–water partition coefficient (Wildman–Crippen LogP) is 4.21. The highest BCUT2D eigenvalue weighted by Gasteiger charge is 2.35. The molecule has 0 bridgehead atoms. The summed E-state index contributed by atoms with van der Waals surface area (Å²) in [4.78, 5) is 25.3. The Hall–Kier alpha value is -4.39. The van der Waals surface area contributed by atoms with E-state index < -0.39 is 48.0 Å². The van der Waals surface area contributed by atoms with Crippen molar-refractivity contribution in [1.82, 2.24) is 24.9 Å². The van der Waals surface area contributed by atoms with Gasteiger partial charge in [-0.05, 0) is 37.3 Å². The second-order valence-electron chi connectivity index (χ2n) is 8.24. The highest BCUT2D eigenvalue weighted by atomic mass is 19.3. The third kappa shape index (κ3) is 5.32. The highest BCUT2D eigenvalue weighted by Crippen LogP contribution is 2.32. The number of hydrogen-bond acceptors (Lipinski definition) is 5. The Morgan fingerprint density at radius 1 is 1.08 bits per heavy atom. The van der Waals surface area contributed by atoms with Crippen LogP contribution in [0.5, 0.6) is 0 Å². The van der Waals surface area contributed by atoms with Gasteiger partial charge in [-0.3, -0.25) is 9.59 Å². The Labute approximate surface area is 212 Å². The Morgan fingerprint density at radius 2 is 1.82 bits per heavy atom. The fourth-order valence-corrected chi connectivity index (χ4v) is 3.72. The molecule has 4 rings (SSSR count). The van der Waals surface area contributed by atoms with Crippen LogP contribution in [0, 0.1) is 5.82 Å². The average Bonchev–Trinajstić information content (AvgIpc) is 3.40. The molecule has 2 aromatic heterocycles. The van der Waals surface area contributed by atoms with Gasteiger partial charge in [-0.25, -0.2) is 9.07 Å². The molecule has 198 valence electrons. The van der Waals surface area contributed by atoms with Crippen LogP contribution in [-0.2, 0) is 5.92 Å². The van der Waals surface area contributed by atoms with Crippen molar-refractivity contribution in [2.75, 3.05) is 6.61 Å². The molecule has 13 heteroatoms. The monoisotopic (exact) mass is 533 g/mol. The van der Waals surface area contributed by atoms with E-state index in [1.807, 2.05) is 0 Å². The van der Waals surface area contributed by atoms with Gasteiger partial charge in [0.1, 0.15) is 18.1 Å². The quantitative estimate of drug-likeness (QED) is 0.331. The smallest absolute Gasteiger partial charge is 0.333 e. The third-order valence-electron chi connectivity index (χ3n) is 5.66. The van der Waals surface area contributed by atoms with Crippen LogP contribution >= 0.6 is 0 Å². The Bertz CT molecular complexity index is 1540. The van der Waals surface area contributed by atoms with Crippen molar-refractivity contribution in [2.24, 2.45) is 0 Å². The average molecular weight is 533 g/mol. The number of aliphatic hydroxyl groups is 1. The van der Waals surface area contributed by atoms with E-state index in [9.17, 15) is 31.5 Å². The minimum atomic E-state index is -3.81. The minimum Gasteiger partial charge on any atom is -0.390 e. The molecule has 0 fully saturated rings. The normalized spacial score (nSPS) is 12.5. The number of alkyl halides is 4. The zero-order valence-corrected chi connectivity index (χ0v) is 19.7. The first kappa shape index (κ1) is 26.7. The summed E-state index contributed by atoms with van der Waals surface area (Å²) in [6, 6.07) is 11.9. The number of benzene rings is 2. The number of nitrogens with zero attached hydrogens (tertiary/aromatic N) is 4. The lowest BCUT2D eigenvalue weighted by molar-refractivity contribution is -0.0584. The van der Waals surface area contributed by atoms with E-state index >= 15 is 0 Å². The Morgan fingerprint density at radius 3 is 2.50 bits per heavy atom. The van der Waals surface area contributed by atoms with Crippen LogP contribution in [0.1, 0.15) is 41.1 Å². The molecule has 4 aromatic rings. The largest absolute Gasteiger partial charge is 0.390 e. The molecule has 2 N–H and O–H groups in total. The molecule has 0 saturated heterocycles. The molecule has 0 aliphatic carbocycles. The van der Waals surface area contributed by atoms with E-state index in [0.717, 1.165) is 29.1 Å². The van der Waals surface area contributed by atoms with Gasteiger partial charge in [-0.2, -0.15) is 32.4 Å². The zero-order chi connectivity index (χ0) is 27.6. The number of carbonyl (C=O) groups excluding carboxylic acids is 1. The number of nitrogens with one attached hydrogen (secondary N) is 1. The van der Waals surface area contributed by atoms with E-state index in [0.29, 0.717) is 10.2 Å². The summed E-state index contributed by atoms with van der Waals surface area (Å²) in [7, 11) is 0. The molecular formula is C25H20F5N5O3. The maximum atomic E-state index is 14.8. The van der Waals surface area contributed by atoms with E-state index in [-0.39, 0.29) is 22.6 Å². The maximum absolute atomic E-state index is 14.8. The predicted molar refractivity (Wildman–Crippen MR) is 126 cm³/mol. The van der Waals surface area contributed by atoms with Crippen molar-refractivity contribution in [3.8, 4) is 16.9 Å². The lowest BCUT2D eigenvalue weighted by atomic mass is 10.0. The summed E-state index contributed by atoms with van der Waals surface area (Å²) in [5.74, 6) is -5.91. The lowest BCUT2D eigenvalue weighted by Crippen LogP contribution is -2.31. The van der Waals surface area contributed by atoms with Crippen LogP contribution in [0.4, 0.5) is 22.0 Å². The lowest BCUT2D eigenvalue weighted by Gasteiger charge is -2.20. The molecule has 0 spiro atoms. The minimum absolute atomic E-state index is 0.215. The van der Waals surface area contributed by atoms with Crippen LogP contribution in [0.15, 0.2) is 71.7 Å². The van der Waals surface area contributed by atoms with E-state index in [1.54, 1.807) is 12.1 Å². The van der Waals surface area contributed by atoms with Crippen molar-refractivity contribution in [3.05, 3.63) is 99.9 Å². The van der Waals surface area contributed by atoms with Crippen molar-refractivity contribution in [3.63, 3.8) is 0 Å². The third-order valence-corrected chi connectivity index (χ3v) is 5.66. The number of aliphatic hydroxyl groups excluding tert-OH is 1. The van der Waals surface area contributed by atoms with Crippen LogP contribution in [0.25, 0.3) is 16.9 Å². The molecular weight excluding hydrogens is 513 g/mol. The van der Waals surface area contributed by atoms with Crippen LogP contribution in [0.3, 0.4) is 0 Å². The standard InChI is InChI=1S/C25H20F5N5O3/c1-14(17-6-3-7-18(22(17)26)25(29,30)13-36)31-23(38)20-8-9-21(37)35(33-20)16-5-2-4-15(12-16)19-10-11-34(32-19)24(27)28/h2-12,14,24,36H,13H2,1H3,(H,31,38)/t14-/m1/s1. The van der Waals surface area contributed by atoms with Crippen LogP contribution in [-0.4, -0.2) is 37.2 Å². The molecule has 0 saturated carbocycles. The SMILES string of the molecule is C[C@@H](NC(=O)c1ccc(=O)n(-c2cccc(-c3ccn(C(F)F)n3)c2)n1)c1cccc(C(F)(F)CO)c1F. The van der Waals surface area contributed by atoms with Gasteiger partial charge in [-0.15, -0.1) is 0 Å². The zero-order valence-electron chi connectivity index (χ0n) is 19.7. The van der Waals surface area contributed by atoms with Crippen molar-refractivity contribution in [2.45, 2.75) is 25.4 Å². The van der Waals surface area contributed by atoms with E-state index in [1.165, 1.54) is 37.3 Å². The van der Waals surface area contributed by atoms with Gasteiger partial charge < -0.3 is 10.4 Å². The Balaban J connectivity index is 1.60. The van der Waals surface area contributed by atoms with Crippen LogP contribution < -0.4 is 10.9 Å². The van der Waals surface area contributed by atoms with E-state index in [4.69, 9.17) is 5.11 Å². The first-order valence-electron chi connectivity index (χ1n) is 11.1. The molecule has 38 heavy (non-hydrogen) atoms. The second kappa shape index (κ2) is 10.5. The number of rotatable bonds is 8. The summed E-state index contributed by atoms with van der Waals surface area (Å²) in [5.41, 5.74) is -1.24. The topological polar surface area (TPSA) is 102 Å². The molecule has 1 amide bonds. The molecule has 8 nitrogen and oxygen atoms in total. The molecule has 2 heterocycles. The second-order valence-corrected chi connectivity index (χ2v) is 8.24. The fraction of sp³-hybridized carbons (Fsp3) is 0.200. The molecule has 0 aliphatic heterocycles. The summed E-state index contributed by atoms with van der Waals surface area (Å²) >= 11 is 0. The van der Waals surface area contributed by atoms with Crippen molar-refractivity contribution < 1.29 is 31.9 Å². The molecule has 1 atom stereocenters. The molecule has 0 radical (unpaired) electrons. The summed E-state index contributed by atoms with van der Waals surface area (Å²) in [6.07, 6.45) is 1.10. The van der Waals surface area contributed by atoms with Gasteiger partial charge >= 0.3 is 6.55 Å². The first-order chi connectivity index (χ1) is 18.0. The first-order valence-corrected chi connectivity index (χ1v) is 11.1. The van der Waals surface area contributed by atoms with Crippen molar-refractivity contribution >= 4 is 5.91 Å². The van der Waals surface area contributed by atoms with Crippen molar-refractivity contribution in [1.29, 1.82) is 0 Å². The highest BCUT2D eigenvalue weighted by molar-refractivity contribution is 5.92. The van der Waals surface area contributed by atoms with Gasteiger partial charge in [0, 0.05) is 23.4 Å². The van der Waals surface area contributed by atoms with Crippen LogP contribution in [0.2, 0.25) is 0 Å². The number of hydrogen-bond donors (Lipinski definition) is 2. The number of amides is 1. The Kier molecular flexibility index (Phi) is 7.39. The fourth-order valence-electron chi connectivity index (χ4n) is 3.72. The van der Waals surface area contributed by atoms with Gasteiger partial charge in [0.15, 0.2) is 0 Å².